The molecular formula is C10H10F3N3. The van der Waals surface area contributed by atoms with Crippen molar-refractivity contribution in [3.8, 4) is 0 Å². The average molecular weight is 229 g/mol. The van der Waals surface area contributed by atoms with Crippen molar-refractivity contribution < 1.29 is 13.2 Å². The van der Waals surface area contributed by atoms with Gasteiger partial charge >= 0.3 is 6.18 Å². The molecule has 1 rings (SSSR count). The first kappa shape index (κ1) is 12.2. The number of rotatable bonds is 0. The highest BCUT2D eigenvalue weighted by molar-refractivity contribution is 5.35. The quantitative estimate of drug-likeness (QED) is 0.743. The molecule has 0 saturated carbocycles. The van der Waals surface area contributed by atoms with Gasteiger partial charge in [0, 0.05) is 17.6 Å². The number of aromatic nitrogens is 2. The Morgan fingerprint density at radius 3 is 2.56 bits per heavy atom. The van der Waals surface area contributed by atoms with E-state index in [4.69, 9.17) is 5.73 Å². The summed E-state index contributed by atoms with van der Waals surface area (Å²) in [6, 6.07) is 4.26. The summed E-state index contributed by atoms with van der Waals surface area (Å²) in [7, 11) is 0. The number of hydrogen-bond acceptors (Lipinski definition) is 3. The largest absolute Gasteiger partial charge is 0.434 e. The van der Waals surface area contributed by atoms with E-state index in [2.05, 4.69) is 9.97 Å². The lowest BCUT2D eigenvalue weighted by atomic mass is 10.3. The van der Waals surface area contributed by atoms with E-state index in [0.717, 1.165) is 6.20 Å². The standard InChI is InChI=1S/C10H10F3N3/c1-7-5-8(14)3-2-4-15-9(6-16-7)10(11,12)13/h2-6H,14H2,1H3. The molecule has 86 valence electrons. The molecule has 0 atom stereocenters. The van der Waals surface area contributed by atoms with Gasteiger partial charge in [0.15, 0.2) is 5.69 Å². The zero-order chi connectivity index (χ0) is 12.2. The second-order valence-electron chi connectivity index (χ2n) is 3.06. The molecule has 0 aliphatic carbocycles. The molecule has 0 fully saturated rings. The molecule has 0 unspecified atom stereocenters. The molecule has 6 heteroatoms. The highest BCUT2D eigenvalue weighted by atomic mass is 19.4. The van der Waals surface area contributed by atoms with E-state index in [9.17, 15) is 13.2 Å². The van der Waals surface area contributed by atoms with Gasteiger partial charge in [0.05, 0.1) is 6.20 Å². The summed E-state index contributed by atoms with van der Waals surface area (Å²) < 4.78 is 37.1. The second kappa shape index (κ2) is 4.78. The van der Waals surface area contributed by atoms with Crippen LogP contribution in [0.1, 0.15) is 11.4 Å². The maximum Gasteiger partial charge on any atom is 0.434 e. The summed E-state index contributed by atoms with van der Waals surface area (Å²) in [5.41, 5.74) is 5.25. The Morgan fingerprint density at radius 1 is 1.25 bits per heavy atom. The lowest BCUT2D eigenvalue weighted by Crippen LogP contribution is -2.06. The van der Waals surface area contributed by atoms with Crippen LogP contribution >= 0.6 is 0 Å². The highest BCUT2D eigenvalue weighted by Gasteiger charge is 2.31. The maximum atomic E-state index is 12.4. The minimum atomic E-state index is -4.51. The van der Waals surface area contributed by atoms with Crippen molar-refractivity contribution in [2.75, 3.05) is 5.73 Å². The van der Waals surface area contributed by atoms with Crippen LogP contribution in [0, 0.1) is 6.92 Å². The molecule has 0 amide bonds. The molecule has 1 heterocycles. The Balaban J connectivity index is 3.38. The van der Waals surface area contributed by atoms with Gasteiger partial charge in [0.25, 0.3) is 0 Å². The fourth-order valence-electron chi connectivity index (χ4n) is 0.947. The highest BCUT2D eigenvalue weighted by Crippen LogP contribution is 2.25. The Bertz CT molecular complexity index is 428. The van der Waals surface area contributed by atoms with Crippen LogP contribution in [-0.4, -0.2) is 9.97 Å². The fourth-order valence-corrected chi connectivity index (χ4v) is 0.947. The van der Waals surface area contributed by atoms with Crippen LogP contribution < -0.4 is 5.73 Å². The summed E-state index contributed by atoms with van der Waals surface area (Å²) >= 11 is 0. The van der Waals surface area contributed by atoms with Gasteiger partial charge in [-0.25, -0.2) is 0 Å². The third kappa shape index (κ3) is 3.72. The Morgan fingerprint density at radius 2 is 1.94 bits per heavy atom. The van der Waals surface area contributed by atoms with Gasteiger partial charge in [-0.05, 0) is 25.1 Å². The molecule has 0 aliphatic heterocycles. The van der Waals surface area contributed by atoms with Crippen molar-refractivity contribution in [1.82, 2.24) is 9.97 Å². The smallest absolute Gasteiger partial charge is 0.399 e. The van der Waals surface area contributed by atoms with Gasteiger partial charge in [0.2, 0.25) is 0 Å². The summed E-state index contributed by atoms with van der Waals surface area (Å²) in [6.07, 6.45) is -2.81. The normalized spacial score (nSPS) is 10.8. The van der Waals surface area contributed by atoms with Crippen LogP contribution in [0.2, 0.25) is 0 Å². The topological polar surface area (TPSA) is 51.8 Å². The Labute approximate surface area is 90.5 Å². The van der Waals surface area contributed by atoms with Gasteiger partial charge in [0.1, 0.15) is 0 Å². The van der Waals surface area contributed by atoms with E-state index in [1.807, 2.05) is 0 Å². The number of halogens is 3. The molecule has 1 aromatic heterocycles. The number of anilines is 1. The van der Waals surface area contributed by atoms with Gasteiger partial charge in [-0.2, -0.15) is 13.2 Å². The predicted molar refractivity (Wildman–Crippen MR) is 53.8 cm³/mol. The summed E-state index contributed by atoms with van der Waals surface area (Å²) in [5.74, 6) is 0. The average Bonchev–Trinajstić information content (AvgIpc) is 2.14. The molecular weight excluding hydrogens is 219 g/mol. The van der Waals surface area contributed by atoms with Crippen molar-refractivity contribution in [2.45, 2.75) is 13.1 Å². The van der Waals surface area contributed by atoms with Crippen LogP contribution in [0.15, 0.2) is 30.6 Å². The van der Waals surface area contributed by atoms with Crippen molar-refractivity contribution in [3.05, 3.63) is 42.0 Å². The fraction of sp³-hybridized carbons (Fsp3) is 0.200. The molecule has 0 saturated heterocycles. The molecule has 2 N–H and O–H groups in total. The van der Waals surface area contributed by atoms with Crippen LogP contribution in [0.25, 0.3) is 0 Å². The molecule has 0 aromatic carbocycles. The van der Waals surface area contributed by atoms with Crippen LogP contribution in [-0.2, 0) is 6.18 Å². The van der Waals surface area contributed by atoms with Crippen molar-refractivity contribution in [3.63, 3.8) is 0 Å². The minimum absolute atomic E-state index is 0.376. The molecule has 0 aliphatic rings. The Kier molecular flexibility index (Phi) is 3.65. The van der Waals surface area contributed by atoms with Gasteiger partial charge in [-0.1, -0.05) is 0 Å². The number of nitrogens with two attached hydrogens (primary N) is 1. The van der Waals surface area contributed by atoms with Crippen LogP contribution in [0.4, 0.5) is 18.9 Å². The molecule has 3 nitrogen and oxygen atoms in total. The van der Waals surface area contributed by atoms with Crippen molar-refractivity contribution in [1.29, 1.82) is 0 Å². The monoisotopic (exact) mass is 229 g/mol. The zero-order valence-electron chi connectivity index (χ0n) is 8.49. The van der Waals surface area contributed by atoms with E-state index in [-0.39, 0.29) is 0 Å². The predicted octanol–water partition coefficient (Wildman–Crippen LogP) is 2.51. The van der Waals surface area contributed by atoms with Gasteiger partial charge in [-0.15, -0.1) is 0 Å². The van der Waals surface area contributed by atoms with E-state index in [1.54, 1.807) is 6.92 Å². The van der Waals surface area contributed by atoms with Crippen LogP contribution in [0.5, 0.6) is 0 Å². The summed E-state index contributed by atoms with van der Waals surface area (Å²) in [6.45, 7) is 1.55. The second-order valence-corrected chi connectivity index (χ2v) is 3.06. The van der Waals surface area contributed by atoms with E-state index < -0.39 is 11.9 Å². The molecule has 1 aromatic rings. The lowest BCUT2D eigenvalue weighted by molar-refractivity contribution is -0.141. The Hall–Kier alpha value is -1.85. The number of alkyl halides is 3. The van der Waals surface area contributed by atoms with Crippen LogP contribution in [0.3, 0.4) is 0 Å². The third-order valence-electron chi connectivity index (χ3n) is 1.64. The first-order chi connectivity index (χ1) is 7.39. The van der Waals surface area contributed by atoms with Crippen molar-refractivity contribution >= 4 is 5.69 Å². The van der Waals surface area contributed by atoms with E-state index in [0.29, 0.717) is 17.6 Å². The first-order valence-electron chi connectivity index (χ1n) is 4.39. The van der Waals surface area contributed by atoms with Crippen molar-refractivity contribution in [2.24, 2.45) is 0 Å². The first-order valence-corrected chi connectivity index (χ1v) is 4.39. The number of hydrogen-bond donors (Lipinski definition) is 1. The summed E-state index contributed by atoms with van der Waals surface area (Å²) in [4.78, 5) is 6.87. The number of nitrogen functional groups attached to an aromatic ring is 1. The molecule has 0 radical (unpaired) electrons. The minimum Gasteiger partial charge on any atom is -0.399 e. The van der Waals surface area contributed by atoms with E-state index >= 15 is 0 Å². The number of nitrogens with zero attached hydrogens (tertiary/aromatic N) is 2. The lowest BCUT2D eigenvalue weighted by Gasteiger charge is -2.01. The van der Waals surface area contributed by atoms with Gasteiger partial charge in [-0.3, -0.25) is 9.97 Å². The van der Waals surface area contributed by atoms with E-state index in [1.165, 1.54) is 18.2 Å². The number of aryl methyl sites for hydroxylation is 1. The molecule has 16 heavy (non-hydrogen) atoms. The maximum absolute atomic E-state index is 12.4. The molecule has 0 bridgehead atoms. The molecule has 0 spiro atoms. The van der Waals surface area contributed by atoms with Gasteiger partial charge < -0.3 is 5.73 Å². The third-order valence-corrected chi connectivity index (χ3v) is 1.64. The summed E-state index contributed by atoms with van der Waals surface area (Å²) in [5, 5.41) is 0. The zero-order valence-corrected chi connectivity index (χ0v) is 8.49. The SMILES string of the molecule is Cc1cc(N)cccnc(C(F)(F)F)cn1.